The molecule has 1 aromatic heterocycles. The van der Waals surface area contributed by atoms with Crippen molar-refractivity contribution in [1.29, 1.82) is 0 Å². The number of amides is 1. The summed E-state index contributed by atoms with van der Waals surface area (Å²) in [4.78, 5) is 16.0. The first kappa shape index (κ1) is 15.8. The molecule has 0 spiro atoms. The van der Waals surface area contributed by atoms with Gasteiger partial charge in [-0.1, -0.05) is 24.3 Å². The van der Waals surface area contributed by atoms with Crippen molar-refractivity contribution in [1.82, 2.24) is 20.1 Å². The molecular formula is C17H14F2N4O. The van der Waals surface area contributed by atoms with Crippen molar-refractivity contribution in [3.63, 3.8) is 0 Å². The quantitative estimate of drug-likeness (QED) is 0.783. The van der Waals surface area contributed by atoms with Crippen molar-refractivity contribution < 1.29 is 13.6 Å². The van der Waals surface area contributed by atoms with E-state index in [0.717, 1.165) is 23.3 Å². The van der Waals surface area contributed by atoms with Gasteiger partial charge in [0.25, 0.3) is 5.91 Å². The maximum Gasteiger partial charge on any atom is 0.251 e. The number of nitrogens with one attached hydrogen (secondary N) is 1. The van der Waals surface area contributed by atoms with E-state index in [0.29, 0.717) is 6.54 Å². The van der Waals surface area contributed by atoms with Crippen LogP contribution in [0.1, 0.15) is 21.5 Å². The molecule has 1 heterocycles. The largest absolute Gasteiger partial charge is 0.348 e. The van der Waals surface area contributed by atoms with E-state index < -0.39 is 17.5 Å². The topological polar surface area (TPSA) is 59.8 Å². The SMILES string of the molecule is O=C(NCc1ccccc1Cn1cncn1)c1ccc(F)c(F)c1. The summed E-state index contributed by atoms with van der Waals surface area (Å²) < 4.78 is 27.8. The van der Waals surface area contributed by atoms with E-state index in [9.17, 15) is 13.6 Å². The van der Waals surface area contributed by atoms with Gasteiger partial charge in [-0.2, -0.15) is 5.10 Å². The number of nitrogens with zero attached hydrogens (tertiary/aromatic N) is 3. The molecule has 3 aromatic rings. The third kappa shape index (κ3) is 3.62. The van der Waals surface area contributed by atoms with Crippen molar-refractivity contribution in [3.05, 3.63) is 83.4 Å². The Morgan fingerprint density at radius 2 is 1.88 bits per heavy atom. The zero-order valence-corrected chi connectivity index (χ0v) is 12.6. The summed E-state index contributed by atoms with van der Waals surface area (Å²) in [5.41, 5.74) is 1.96. The number of halogens is 2. The summed E-state index contributed by atoms with van der Waals surface area (Å²) in [6.07, 6.45) is 3.06. The Morgan fingerprint density at radius 3 is 2.58 bits per heavy atom. The molecule has 122 valence electrons. The zero-order valence-electron chi connectivity index (χ0n) is 12.6. The molecule has 0 unspecified atom stereocenters. The van der Waals surface area contributed by atoms with Gasteiger partial charge in [-0.25, -0.2) is 18.4 Å². The summed E-state index contributed by atoms with van der Waals surface area (Å²) in [5, 5.41) is 6.76. The van der Waals surface area contributed by atoms with E-state index in [-0.39, 0.29) is 12.1 Å². The van der Waals surface area contributed by atoms with Crippen LogP contribution < -0.4 is 5.32 Å². The van der Waals surface area contributed by atoms with Crippen LogP contribution in [-0.2, 0) is 13.1 Å². The van der Waals surface area contributed by atoms with Gasteiger partial charge in [0.15, 0.2) is 11.6 Å². The van der Waals surface area contributed by atoms with Crippen LogP contribution in [0.2, 0.25) is 0 Å². The van der Waals surface area contributed by atoms with Gasteiger partial charge < -0.3 is 5.32 Å². The normalized spacial score (nSPS) is 10.6. The molecule has 0 aliphatic carbocycles. The number of aromatic nitrogens is 3. The van der Waals surface area contributed by atoms with Crippen LogP contribution in [0.3, 0.4) is 0 Å². The second-order valence-electron chi connectivity index (χ2n) is 5.17. The van der Waals surface area contributed by atoms with Crippen molar-refractivity contribution >= 4 is 5.91 Å². The predicted molar refractivity (Wildman–Crippen MR) is 83.1 cm³/mol. The molecule has 5 nitrogen and oxygen atoms in total. The minimum atomic E-state index is -1.05. The van der Waals surface area contributed by atoms with Crippen molar-refractivity contribution in [2.24, 2.45) is 0 Å². The van der Waals surface area contributed by atoms with Crippen LogP contribution in [0.4, 0.5) is 8.78 Å². The van der Waals surface area contributed by atoms with Crippen LogP contribution in [0.5, 0.6) is 0 Å². The molecule has 1 amide bonds. The number of hydrogen-bond donors (Lipinski definition) is 1. The molecule has 7 heteroatoms. The van der Waals surface area contributed by atoms with Gasteiger partial charge >= 0.3 is 0 Å². The lowest BCUT2D eigenvalue weighted by Gasteiger charge is -2.11. The van der Waals surface area contributed by atoms with E-state index >= 15 is 0 Å². The van der Waals surface area contributed by atoms with E-state index in [1.54, 1.807) is 11.0 Å². The first-order valence-corrected chi connectivity index (χ1v) is 7.26. The molecule has 3 rings (SSSR count). The Labute approximate surface area is 137 Å². The first-order valence-electron chi connectivity index (χ1n) is 7.26. The highest BCUT2D eigenvalue weighted by atomic mass is 19.2. The van der Waals surface area contributed by atoms with Gasteiger partial charge in [0.05, 0.1) is 6.54 Å². The number of benzene rings is 2. The van der Waals surface area contributed by atoms with Gasteiger partial charge in [0.1, 0.15) is 12.7 Å². The molecule has 0 saturated heterocycles. The molecule has 0 saturated carbocycles. The van der Waals surface area contributed by atoms with Crippen LogP contribution in [0.25, 0.3) is 0 Å². The summed E-state index contributed by atoms with van der Waals surface area (Å²) >= 11 is 0. The molecule has 1 N–H and O–H groups in total. The smallest absolute Gasteiger partial charge is 0.251 e. The lowest BCUT2D eigenvalue weighted by molar-refractivity contribution is 0.0950. The Bertz CT molecular complexity index is 850. The fourth-order valence-corrected chi connectivity index (χ4v) is 2.29. The number of rotatable bonds is 5. The molecular weight excluding hydrogens is 314 g/mol. The van der Waals surface area contributed by atoms with Gasteiger partial charge in [-0.05, 0) is 29.3 Å². The summed E-state index contributed by atoms with van der Waals surface area (Å²) in [7, 11) is 0. The molecule has 0 fully saturated rings. The highest BCUT2D eigenvalue weighted by molar-refractivity contribution is 5.94. The molecule has 0 radical (unpaired) electrons. The number of carbonyl (C=O) groups excluding carboxylic acids is 1. The minimum absolute atomic E-state index is 0.0719. The lowest BCUT2D eigenvalue weighted by Crippen LogP contribution is -2.23. The van der Waals surface area contributed by atoms with Gasteiger partial charge in [-0.15, -0.1) is 0 Å². The van der Waals surface area contributed by atoms with Crippen molar-refractivity contribution in [2.75, 3.05) is 0 Å². The highest BCUT2D eigenvalue weighted by Gasteiger charge is 2.10. The summed E-state index contributed by atoms with van der Waals surface area (Å²) in [6.45, 7) is 0.792. The molecule has 24 heavy (non-hydrogen) atoms. The summed E-state index contributed by atoms with van der Waals surface area (Å²) in [6, 6.07) is 10.6. The third-order valence-electron chi connectivity index (χ3n) is 3.54. The first-order chi connectivity index (χ1) is 11.6. The average molecular weight is 328 g/mol. The fourth-order valence-electron chi connectivity index (χ4n) is 2.29. The van der Waals surface area contributed by atoms with Crippen LogP contribution >= 0.6 is 0 Å². The van der Waals surface area contributed by atoms with Crippen molar-refractivity contribution in [3.8, 4) is 0 Å². The molecule has 0 aliphatic heterocycles. The number of carbonyl (C=O) groups is 1. The van der Waals surface area contributed by atoms with Crippen LogP contribution in [-0.4, -0.2) is 20.7 Å². The van der Waals surface area contributed by atoms with E-state index in [2.05, 4.69) is 15.4 Å². The minimum Gasteiger partial charge on any atom is -0.348 e. The van der Waals surface area contributed by atoms with E-state index in [1.807, 2.05) is 24.3 Å². The predicted octanol–water partition coefficient (Wildman–Crippen LogP) is 2.53. The Kier molecular flexibility index (Phi) is 4.60. The maximum absolute atomic E-state index is 13.2. The van der Waals surface area contributed by atoms with Crippen molar-refractivity contribution in [2.45, 2.75) is 13.1 Å². The summed E-state index contributed by atoms with van der Waals surface area (Å²) in [5.74, 6) is -2.50. The number of hydrogen-bond acceptors (Lipinski definition) is 3. The Hall–Kier alpha value is -3.09. The van der Waals surface area contributed by atoms with E-state index in [1.165, 1.54) is 12.4 Å². The monoisotopic (exact) mass is 328 g/mol. The van der Waals surface area contributed by atoms with Crippen LogP contribution in [0.15, 0.2) is 55.1 Å². The Balaban J connectivity index is 1.70. The second-order valence-corrected chi connectivity index (χ2v) is 5.17. The van der Waals surface area contributed by atoms with E-state index in [4.69, 9.17) is 0 Å². The molecule has 0 bridgehead atoms. The fraction of sp³-hybridized carbons (Fsp3) is 0.118. The zero-order chi connectivity index (χ0) is 16.9. The third-order valence-corrected chi connectivity index (χ3v) is 3.54. The molecule has 0 aliphatic rings. The standard InChI is InChI=1S/C17H14F2N4O/c18-15-6-5-12(7-16(15)19)17(24)21-8-13-3-1-2-4-14(13)9-23-11-20-10-22-23/h1-7,10-11H,8-9H2,(H,21,24). The lowest BCUT2D eigenvalue weighted by atomic mass is 10.1. The maximum atomic E-state index is 13.2. The van der Waals surface area contributed by atoms with Crippen LogP contribution in [0, 0.1) is 11.6 Å². The second kappa shape index (κ2) is 6.99. The Morgan fingerprint density at radius 1 is 1.08 bits per heavy atom. The van der Waals surface area contributed by atoms with Gasteiger partial charge in [0, 0.05) is 12.1 Å². The average Bonchev–Trinajstić information content (AvgIpc) is 3.09. The highest BCUT2D eigenvalue weighted by Crippen LogP contribution is 2.12. The van der Waals surface area contributed by atoms with Gasteiger partial charge in [-0.3, -0.25) is 4.79 Å². The molecule has 2 aromatic carbocycles. The van der Waals surface area contributed by atoms with Gasteiger partial charge in [0.2, 0.25) is 0 Å². The molecule has 0 atom stereocenters.